The molecule has 0 fully saturated rings. The summed E-state index contributed by atoms with van der Waals surface area (Å²) in [7, 11) is -0.624. The Balaban J connectivity index is 2.09. The van der Waals surface area contributed by atoms with Gasteiger partial charge in [0.2, 0.25) is 5.88 Å². The van der Waals surface area contributed by atoms with Gasteiger partial charge in [0.15, 0.2) is 5.82 Å². The van der Waals surface area contributed by atoms with Gasteiger partial charge in [-0.3, -0.25) is 4.78 Å². The molecule has 0 spiro atoms. The molecule has 126 valence electrons. The number of aromatic hydroxyl groups is 1. The summed E-state index contributed by atoms with van der Waals surface area (Å²) in [6.07, 6.45) is 3.49. The van der Waals surface area contributed by atoms with Crippen molar-refractivity contribution in [1.82, 2.24) is 14.8 Å². The summed E-state index contributed by atoms with van der Waals surface area (Å²) in [5.41, 5.74) is 3.57. The summed E-state index contributed by atoms with van der Waals surface area (Å²) < 4.78 is 9.25. The molecule has 25 heavy (non-hydrogen) atoms. The zero-order valence-electron chi connectivity index (χ0n) is 14.1. The van der Waals surface area contributed by atoms with Crippen molar-refractivity contribution in [1.29, 1.82) is 10.0 Å². The third kappa shape index (κ3) is 3.04. The molecule has 0 saturated carbocycles. The Labute approximate surface area is 148 Å². The minimum atomic E-state index is -0.624. The normalized spacial score (nSPS) is 11.9. The first-order chi connectivity index (χ1) is 11.9. The molecule has 1 aromatic carbocycles. The lowest BCUT2D eigenvalue weighted by Crippen LogP contribution is -2.02. The van der Waals surface area contributed by atoms with Crippen LogP contribution < -0.4 is 0 Å². The number of aryl methyl sites for hydroxylation is 2. The monoisotopic (exact) mass is 351 g/mol. The maximum Gasteiger partial charge on any atom is 0.223 e. The van der Waals surface area contributed by atoms with Crippen LogP contribution in [0.1, 0.15) is 16.8 Å². The van der Waals surface area contributed by atoms with Gasteiger partial charge < -0.3 is 5.11 Å². The van der Waals surface area contributed by atoms with Crippen LogP contribution in [0.3, 0.4) is 0 Å². The molecule has 6 nitrogen and oxygen atoms in total. The van der Waals surface area contributed by atoms with Crippen LogP contribution >= 0.6 is 0 Å². The first-order valence-corrected chi connectivity index (χ1v) is 9.19. The van der Waals surface area contributed by atoms with E-state index in [2.05, 4.69) is 16.2 Å². The maximum atomic E-state index is 10.7. The van der Waals surface area contributed by atoms with E-state index in [-0.39, 0.29) is 5.88 Å². The van der Waals surface area contributed by atoms with Gasteiger partial charge in [-0.15, -0.1) is 0 Å². The lowest BCUT2D eigenvalue weighted by Gasteiger charge is -2.08. The predicted molar refractivity (Wildman–Crippen MR) is 96.9 cm³/mol. The molecule has 0 aliphatic rings. The highest BCUT2D eigenvalue weighted by Gasteiger charge is 2.18. The van der Waals surface area contributed by atoms with Gasteiger partial charge in [0.05, 0.1) is 22.9 Å². The topological polar surface area (TPSA) is 98.6 Å². The van der Waals surface area contributed by atoms with E-state index in [1.807, 2.05) is 26.2 Å². The zero-order chi connectivity index (χ0) is 18.1. The molecular weight excluding hydrogens is 334 g/mol. The molecule has 3 rings (SSSR count). The summed E-state index contributed by atoms with van der Waals surface area (Å²) in [5, 5.41) is 24.0. The number of nitrogens with one attached hydrogen (secondary N) is 1. The Bertz CT molecular complexity index is 1020. The second-order valence-corrected chi connectivity index (χ2v) is 7.16. The summed E-state index contributed by atoms with van der Waals surface area (Å²) in [5.74, 6) is 0.510. The Morgan fingerprint density at radius 1 is 1.24 bits per heavy atom. The van der Waals surface area contributed by atoms with Crippen LogP contribution in [0.25, 0.3) is 16.9 Å². The lowest BCUT2D eigenvalue weighted by atomic mass is 10.0. The molecule has 0 saturated heterocycles. The smallest absolute Gasteiger partial charge is 0.223 e. The van der Waals surface area contributed by atoms with Gasteiger partial charge >= 0.3 is 0 Å². The van der Waals surface area contributed by atoms with Crippen LogP contribution in [0.15, 0.2) is 41.4 Å². The SMILES string of the molecule is Cc1cc(-n2nc(C)c(-c3ccc(C#N)cc3)c2O)ncc1S(C)=N. The van der Waals surface area contributed by atoms with E-state index in [4.69, 9.17) is 10.0 Å². The number of rotatable bonds is 3. The fourth-order valence-corrected chi connectivity index (χ4v) is 3.44. The van der Waals surface area contributed by atoms with E-state index in [1.54, 1.807) is 30.5 Å². The average molecular weight is 351 g/mol. The van der Waals surface area contributed by atoms with E-state index in [0.29, 0.717) is 22.6 Å². The van der Waals surface area contributed by atoms with Crippen molar-refractivity contribution in [3.63, 3.8) is 0 Å². The van der Waals surface area contributed by atoms with Gasteiger partial charge in [-0.05, 0) is 49.4 Å². The number of benzene rings is 1. The van der Waals surface area contributed by atoms with E-state index >= 15 is 0 Å². The minimum Gasteiger partial charge on any atom is -0.493 e. The third-order valence-corrected chi connectivity index (χ3v) is 5.02. The van der Waals surface area contributed by atoms with Crippen molar-refractivity contribution in [2.45, 2.75) is 18.7 Å². The Morgan fingerprint density at radius 2 is 1.92 bits per heavy atom. The van der Waals surface area contributed by atoms with Crippen LogP contribution in [-0.2, 0) is 10.7 Å². The summed E-state index contributed by atoms with van der Waals surface area (Å²) in [4.78, 5) is 5.23. The van der Waals surface area contributed by atoms with Gasteiger partial charge in [0.1, 0.15) is 0 Å². The van der Waals surface area contributed by atoms with Gasteiger partial charge in [-0.1, -0.05) is 22.8 Å². The minimum absolute atomic E-state index is 0.00299. The molecule has 0 aliphatic heterocycles. The highest BCUT2D eigenvalue weighted by atomic mass is 32.2. The van der Waals surface area contributed by atoms with Crippen LogP contribution in [0, 0.1) is 30.0 Å². The summed E-state index contributed by atoms with van der Waals surface area (Å²) >= 11 is 0. The molecule has 0 bridgehead atoms. The summed E-state index contributed by atoms with van der Waals surface area (Å²) in [6, 6.07) is 10.9. The zero-order valence-corrected chi connectivity index (χ0v) is 14.9. The molecule has 0 amide bonds. The van der Waals surface area contributed by atoms with Crippen molar-refractivity contribution in [3.8, 4) is 28.9 Å². The van der Waals surface area contributed by atoms with Crippen molar-refractivity contribution in [2.24, 2.45) is 0 Å². The maximum absolute atomic E-state index is 10.7. The van der Waals surface area contributed by atoms with Crippen LogP contribution in [-0.4, -0.2) is 26.1 Å². The number of aromatic nitrogens is 3. The van der Waals surface area contributed by atoms with E-state index in [1.165, 1.54) is 4.68 Å². The lowest BCUT2D eigenvalue weighted by molar-refractivity contribution is 0.433. The summed E-state index contributed by atoms with van der Waals surface area (Å²) in [6.45, 7) is 3.74. The number of hydrogen-bond donors (Lipinski definition) is 2. The number of nitriles is 1. The number of pyridine rings is 1. The van der Waals surface area contributed by atoms with Gasteiger partial charge in [0, 0.05) is 11.1 Å². The molecule has 2 aromatic heterocycles. The fourth-order valence-electron chi connectivity index (χ4n) is 2.69. The molecule has 1 unspecified atom stereocenters. The van der Waals surface area contributed by atoms with E-state index in [9.17, 15) is 5.11 Å². The quantitative estimate of drug-likeness (QED) is 0.754. The first kappa shape index (κ1) is 16.9. The number of nitrogens with zero attached hydrogens (tertiary/aromatic N) is 4. The molecule has 3 aromatic rings. The van der Waals surface area contributed by atoms with Crippen molar-refractivity contribution >= 4 is 10.7 Å². The van der Waals surface area contributed by atoms with Crippen molar-refractivity contribution in [3.05, 3.63) is 53.3 Å². The molecular formula is C18H17N5OS. The average Bonchev–Trinajstić information content (AvgIpc) is 2.89. The standard InChI is InChI=1S/C18H17N5OS/c1-11-8-16(21-10-15(11)25(3)20)23-18(24)17(12(2)22-23)14-6-4-13(9-19)5-7-14/h4-8,10,20,24H,1-3H3. The molecule has 2 heterocycles. The Hall–Kier alpha value is -2.98. The number of hydrogen-bond acceptors (Lipinski definition) is 5. The van der Waals surface area contributed by atoms with Crippen LogP contribution in [0.5, 0.6) is 5.88 Å². The molecule has 7 heteroatoms. The highest BCUT2D eigenvalue weighted by molar-refractivity contribution is 7.85. The fraction of sp³-hybridized carbons (Fsp3) is 0.167. The molecule has 2 N–H and O–H groups in total. The highest BCUT2D eigenvalue weighted by Crippen LogP contribution is 2.34. The molecule has 1 atom stereocenters. The van der Waals surface area contributed by atoms with E-state index < -0.39 is 10.7 Å². The van der Waals surface area contributed by atoms with Crippen LogP contribution in [0.4, 0.5) is 0 Å². The molecule has 0 aliphatic carbocycles. The second-order valence-electron chi connectivity index (χ2n) is 5.70. The van der Waals surface area contributed by atoms with E-state index in [0.717, 1.165) is 16.0 Å². The third-order valence-electron chi connectivity index (χ3n) is 3.93. The van der Waals surface area contributed by atoms with Gasteiger partial charge in [-0.2, -0.15) is 15.0 Å². The Kier molecular flexibility index (Phi) is 4.38. The Morgan fingerprint density at radius 3 is 2.48 bits per heavy atom. The first-order valence-electron chi connectivity index (χ1n) is 7.55. The molecule has 0 radical (unpaired) electrons. The largest absolute Gasteiger partial charge is 0.493 e. The van der Waals surface area contributed by atoms with Crippen LogP contribution in [0.2, 0.25) is 0 Å². The van der Waals surface area contributed by atoms with Crippen molar-refractivity contribution in [2.75, 3.05) is 6.26 Å². The second kappa shape index (κ2) is 6.49. The van der Waals surface area contributed by atoms with Crippen molar-refractivity contribution < 1.29 is 5.11 Å². The predicted octanol–water partition coefficient (Wildman–Crippen LogP) is 3.50. The van der Waals surface area contributed by atoms with Gasteiger partial charge in [0.25, 0.3) is 0 Å². The van der Waals surface area contributed by atoms with Gasteiger partial charge in [-0.25, -0.2) is 4.98 Å².